The first-order chi connectivity index (χ1) is 12.8. The van der Waals surface area contributed by atoms with Crippen LogP contribution in [0.2, 0.25) is 0 Å². The molecule has 1 fully saturated rings. The number of hydrogen-bond acceptors (Lipinski definition) is 4. The molecule has 1 aromatic heterocycles. The van der Waals surface area contributed by atoms with Crippen molar-refractivity contribution in [2.24, 2.45) is 4.99 Å². The maximum atomic E-state index is 5.21. The van der Waals surface area contributed by atoms with Crippen molar-refractivity contribution in [1.29, 1.82) is 0 Å². The molecule has 1 aromatic carbocycles. The fourth-order valence-corrected chi connectivity index (χ4v) is 4.05. The molecule has 0 aliphatic carbocycles. The molecule has 148 valence electrons. The Morgan fingerprint density at radius 2 is 2.00 bits per heavy atom. The van der Waals surface area contributed by atoms with Crippen molar-refractivity contribution in [1.82, 2.24) is 10.6 Å². The SMILES string of the molecule is CN=C(NCc1cccc(COC)c1)NC1CCN(c2cccs2)CC1.I. The molecule has 0 spiro atoms. The van der Waals surface area contributed by atoms with Crippen LogP contribution in [0.5, 0.6) is 0 Å². The van der Waals surface area contributed by atoms with E-state index in [1.165, 1.54) is 16.1 Å². The number of methoxy groups -OCH3 is 1. The maximum Gasteiger partial charge on any atom is 0.191 e. The van der Waals surface area contributed by atoms with Crippen LogP contribution in [0, 0.1) is 0 Å². The molecule has 2 N–H and O–H groups in total. The summed E-state index contributed by atoms with van der Waals surface area (Å²) in [4.78, 5) is 6.86. The quantitative estimate of drug-likeness (QED) is 0.360. The molecule has 1 aliphatic heterocycles. The molecule has 0 atom stereocenters. The van der Waals surface area contributed by atoms with Crippen molar-refractivity contribution in [2.45, 2.75) is 32.0 Å². The lowest BCUT2D eigenvalue weighted by Crippen LogP contribution is -2.48. The van der Waals surface area contributed by atoms with Crippen LogP contribution in [0.4, 0.5) is 5.00 Å². The third-order valence-corrected chi connectivity index (χ3v) is 5.57. The first-order valence-corrected chi connectivity index (χ1v) is 9.99. The molecule has 1 saturated heterocycles. The molecule has 5 nitrogen and oxygen atoms in total. The first-order valence-electron chi connectivity index (χ1n) is 9.11. The van der Waals surface area contributed by atoms with Crippen LogP contribution in [-0.4, -0.2) is 39.2 Å². The molecule has 0 unspecified atom stereocenters. The van der Waals surface area contributed by atoms with Gasteiger partial charge >= 0.3 is 0 Å². The Bertz CT molecular complexity index is 700. The van der Waals surface area contributed by atoms with Gasteiger partial charge in [0.15, 0.2) is 5.96 Å². The zero-order chi connectivity index (χ0) is 18.2. The number of anilines is 1. The van der Waals surface area contributed by atoms with Gasteiger partial charge in [0.05, 0.1) is 11.6 Å². The van der Waals surface area contributed by atoms with Gasteiger partial charge in [-0.15, -0.1) is 35.3 Å². The van der Waals surface area contributed by atoms with Gasteiger partial charge in [-0.05, 0) is 41.5 Å². The summed E-state index contributed by atoms with van der Waals surface area (Å²) in [5.41, 5.74) is 2.42. The standard InChI is InChI=1S/C20H28N4OS.HI/c1-21-20(22-14-16-5-3-6-17(13-16)15-25-2)23-18-8-10-24(11-9-18)19-7-4-12-26-19;/h3-7,12-13,18H,8-11,14-15H2,1-2H3,(H2,21,22,23);1H. The number of thiophene rings is 1. The predicted molar refractivity (Wildman–Crippen MR) is 125 cm³/mol. The number of rotatable bonds is 6. The minimum Gasteiger partial charge on any atom is -0.380 e. The molecule has 0 saturated carbocycles. The zero-order valence-electron chi connectivity index (χ0n) is 16.0. The highest BCUT2D eigenvalue weighted by molar-refractivity contribution is 14.0. The largest absolute Gasteiger partial charge is 0.380 e. The molecule has 2 aromatic rings. The molecule has 0 bridgehead atoms. The lowest BCUT2D eigenvalue weighted by Gasteiger charge is -2.33. The molecule has 27 heavy (non-hydrogen) atoms. The number of guanidine groups is 1. The Hall–Kier alpha value is -1.32. The minimum atomic E-state index is 0. The predicted octanol–water partition coefficient (Wildman–Crippen LogP) is 3.85. The summed E-state index contributed by atoms with van der Waals surface area (Å²) in [6.45, 7) is 3.58. The van der Waals surface area contributed by atoms with E-state index in [2.05, 4.69) is 62.3 Å². The van der Waals surface area contributed by atoms with E-state index >= 15 is 0 Å². The number of nitrogens with one attached hydrogen (secondary N) is 2. The lowest BCUT2D eigenvalue weighted by molar-refractivity contribution is 0.185. The van der Waals surface area contributed by atoms with Crippen molar-refractivity contribution >= 4 is 46.3 Å². The molecule has 0 radical (unpaired) electrons. The van der Waals surface area contributed by atoms with E-state index in [9.17, 15) is 0 Å². The van der Waals surface area contributed by atoms with Crippen LogP contribution in [0.1, 0.15) is 24.0 Å². The summed E-state index contributed by atoms with van der Waals surface area (Å²) in [7, 11) is 3.55. The normalized spacial score (nSPS) is 15.3. The van der Waals surface area contributed by atoms with Crippen molar-refractivity contribution in [3.63, 3.8) is 0 Å². The smallest absolute Gasteiger partial charge is 0.191 e. The van der Waals surface area contributed by atoms with Gasteiger partial charge < -0.3 is 20.3 Å². The summed E-state index contributed by atoms with van der Waals surface area (Å²) in [6, 6.07) is 13.2. The topological polar surface area (TPSA) is 48.9 Å². The number of halogens is 1. The average Bonchev–Trinajstić information content (AvgIpc) is 3.21. The van der Waals surface area contributed by atoms with Crippen molar-refractivity contribution < 1.29 is 4.74 Å². The Kier molecular flexibility index (Phi) is 9.36. The number of piperidine rings is 1. The number of nitrogens with zero attached hydrogens (tertiary/aromatic N) is 2. The van der Waals surface area contributed by atoms with E-state index in [0.717, 1.165) is 38.4 Å². The van der Waals surface area contributed by atoms with Crippen LogP contribution >= 0.6 is 35.3 Å². The maximum absolute atomic E-state index is 5.21. The molecule has 7 heteroatoms. The molecular weight excluding hydrogens is 471 g/mol. The van der Waals surface area contributed by atoms with Gasteiger partial charge in [0.1, 0.15) is 0 Å². The van der Waals surface area contributed by atoms with Gasteiger partial charge in [-0.1, -0.05) is 24.3 Å². The molecule has 0 amide bonds. The van der Waals surface area contributed by atoms with E-state index in [1.807, 2.05) is 18.4 Å². The summed E-state index contributed by atoms with van der Waals surface area (Å²) in [5.74, 6) is 0.872. The number of aliphatic imine (C=N–C) groups is 1. The van der Waals surface area contributed by atoms with Gasteiger partial charge in [-0.3, -0.25) is 4.99 Å². The Morgan fingerprint density at radius 3 is 2.67 bits per heavy atom. The van der Waals surface area contributed by atoms with Crippen LogP contribution in [0.3, 0.4) is 0 Å². The second-order valence-electron chi connectivity index (χ2n) is 6.54. The minimum absolute atomic E-state index is 0. The Morgan fingerprint density at radius 1 is 1.22 bits per heavy atom. The van der Waals surface area contributed by atoms with E-state index in [4.69, 9.17) is 4.74 Å². The van der Waals surface area contributed by atoms with Crippen molar-refractivity contribution in [3.8, 4) is 0 Å². The molecule has 3 rings (SSSR count). The van der Waals surface area contributed by atoms with Gasteiger partial charge in [0.25, 0.3) is 0 Å². The van der Waals surface area contributed by atoms with Gasteiger partial charge in [0, 0.05) is 39.8 Å². The van der Waals surface area contributed by atoms with E-state index in [0.29, 0.717) is 12.6 Å². The van der Waals surface area contributed by atoms with Crippen LogP contribution in [0.25, 0.3) is 0 Å². The highest BCUT2D eigenvalue weighted by atomic mass is 127. The molecule has 2 heterocycles. The number of ether oxygens (including phenoxy) is 1. The third-order valence-electron chi connectivity index (χ3n) is 4.64. The summed E-state index contributed by atoms with van der Waals surface area (Å²) < 4.78 is 5.21. The van der Waals surface area contributed by atoms with Crippen molar-refractivity contribution in [3.05, 3.63) is 52.9 Å². The fraction of sp³-hybridized carbons (Fsp3) is 0.450. The third kappa shape index (κ3) is 6.65. The highest BCUT2D eigenvalue weighted by Crippen LogP contribution is 2.24. The number of benzene rings is 1. The summed E-state index contributed by atoms with van der Waals surface area (Å²) in [5, 5.41) is 10.5. The van der Waals surface area contributed by atoms with Crippen LogP contribution in [-0.2, 0) is 17.9 Å². The summed E-state index contributed by atoms with van der Waals surface area (Å²) >= 11 is 1.82. The van der Waals surface area contributed by atoms with Crippen LogP contribution < -0.4 is 15.5 Å². The van der Waals surface area contributed by atoms with E-state index in [1.54, 1.807) is 7.11 Å². The van der Waals surface area contributed by atoms with Gasteiger partial charge in [-0.2, -0.15) is 0 Å². The van der Waals surface area contributed by atoms with Gasteiger partial charge in [-0.25, -0.2) is 0 Å². The van der Waals surface area contributed by atoms with E-state index < -0.39 is 0 Å². The first kappa shape index (κ1) is 22.0. The zero-order valence-corrected chi connectivity index (χ0v) is 19.1. The monoisotopic (exact) mass is 500 g/mol. The molecule has 1 aliphatic rings. The van der Waals surface area contributed by atoms with Gasteiger partial charge in [0.2, 0.25) is 0 Å². The number of hydrogen-bond donors (Lipinski definition) is 2. The second-order valence-corrected chi connectivity index (χ2v) is 7.46. The second kappa shape index (κ2) is 11.5. The lowest BCUT2D eigenvalue weighted by atomic mass is 10.1. The molecular formula is C20H29IN4OS. The van der Waals surface area contributed by atoms with E-state index in [-0.39, 0.29) is 24.0 Å². The highest BCUT2D eigenvalue weighted by Gasteiger charge is 2.20. The average molecular weight is 500 g/mol. The van der Waals surface area contributed by atoms with Crippen LogP contribution in [0.15, 0.2) is 46.8 Å². The summed E-state index contributed by atoms with van der Waals surface area (Å²) in [6.07, 6.45) is 2.25. The Balaban J connectivity index is 0.00000261. The fourth-order valence-electron chi connectivity index (χ4n) is 3.26. The Labute approximate surface area is 183 Å². The van der Waals surface area contributed by atoms with Crippen molar-refractivity contribution in [2.75, 3.05) is 32.1 Å².